The number of nitrogens with zero attached hydrogens (tertiary/aromatic N) is 3. The second-order valence-corrected chi connectivity index (χ2v) is 5.13. The first kappa shape index (κ1) is 10.3. The van der Waals surface area contributed by atoms with Crippen LogP contribution in [-0.4, -0.2) is 33.6 Å². The largest absolute Gasteiger partial charge is 0.333 e. The molecule has 1 aromatic rings. The first-order valence-corrected chi connectivity index (χ1v) is 6.31. The summed E-state index contributed by atoms with van der Waals surface area (Å²) in [5, 5.41) is 0. The van der Waals surface area contributed by atoms with Gasteiger partial charge in [0.05, 0.1) is 6.54 Å². The SMILES string of the molecule is NC1CCCC1CN1CCn2ccnc2C1. The molecule has 2 atom stereocenters. The van der Waals surface area contributed by atoms with Crippen molar-refractivity contribution < 1.29 is 0 Å². The number of nitrogens with two attached hydrogens (primary N) is 1. The van der Waals surface area contributed by atoms with Gasteiger partial charge >= 0.3 is 0 Å². The number of hydrogen-bond acceptors (Lipinski definition) is 3. The van der Waals surface area contributed by atoms with E-state index in [0.717, 1.165) is 26.2 Å². The molecule has 1 fully saturated rings. The van der Waals surface area contributed by atoms with E-state index in [9.17, 15) is 0 Å². The average molecular weight is 220 g/mol. The molecule has 1 aromatic heterocycles. The Labute approximate surface area is 96.4 Å². The summed E-state index contributed by atoms with van der Waals surface area (Å²) >= 11 is 0. The van der Waals surface area contributed by atoms with Gasteiger partial charge in [0.2, 0.25) is 0 Å². The van der Waals surface area contributed by atoms with Gasteiger partial charge in [-0.2, -0.15) is 0 Å². The Balaban J connectivity index is 1.61. The topological polar surface area (TPSA) is 47.1 Å². The van der Waals surface area contributed by atoms with Crippen LogP contribution in [0.1, 0.15) is 25.1 Å². The van der Waals surface area contributed by atoms with Gasteiger partial charge in [0, 0.05) is 38.1 Å². The minimum atomic E-state index is 0.432. The molecule has 16 heavy (non-hydrogen) atoms. The second kappa shape index (κ2) is 4.18. The molecule has 1 aliphatic heterocycles. The molecule has 2 N–H and O–H groups in total. The molecule has 88 valence electrons. The summed E-state index contributed by atoms with van der Waals surface area (Å²) in [4.78, 5) is 6.90. The third-order valence-electron chi connectivity index (χ3n) is 4.03. The van der Waals surface area contributed by atoms with E-state index in [2.05, 4.69) is 20.6 Å². The second-order valence-electron chi connectivity index (χ2n) is 5.13. The Morgan fingerprint density at radius 2 is 2.31 bits per heavy atom. The molecule has 1 saturated carbocycles. The third kappa shape index (κ3) is 1.87. The van der Waals surface area contributed by atoms with Gasteiger partial charge in [-0.25, -0.2) is 4.98 Å². The molecule has 1 aliphatic carbocycles. The van der Waals surface area contributed by atoms with Crippen molar-refractivity contribution in [2.45, 2.75) is 38.4 Å². The van der Waals surface area contributed by atoms with E-state index < -0.39 is 0 Å². The molecule has 4 heteroatoms. The summed E-state index contributed by atoms with van der Waals surface area (Å²) in [6.07, 6.45) is 7.82. The predicted octanol–water partition coefficient (Wildman–Crippen LogP) is 0.826. The quantitative estimate of drug-likeness (QED) is 0.803. The Kier molecular flexibility index (Phi) is 2.69. The first-order chi connectivity index (χ1) is 7.83. The van der Waals surface area contributed by atoms with E-state index in [1.54, 1.807) is 0 Å². The molecule has 0 bridgehead atoms. The molecule has 2 heterocycles. The lowest BCUT2D eigenvalue weighted by atomic mass is 10.0. The summed E-state index contributed by atoms with van der Waals surface area (Å²) in [6, 6.07) is 0.432. The summed E-state index contributed by atoms with van der Waals surface area (Å²) in [6.45, 7) is 4.38. The Bertz CT molecular complexity index is 360. The van der Waals surface area contributed by atoms with E-state index >= 15 is 0 Å². The third-order valence-corrected chi connectivity index (χ3v) is 4.03. The van der Waals surface area contributed by atoms with Crippen LogP contribution < -0.4 is 5.73 Å². The Morgan fingerprint density at radius 3 is 3.12 bits per heavy atom. The molecule has 0 spiro atoms. The van der Waals surface area contributed by atoms with Crippen molar-refractivity contribution in [3.63, 3.8) is 0 Å². The van der Waals surface area contributed by atoms with Gasteiger partial charge in [-0.15, -0.1) is 0 Å². The number of imidazole rings is 1. The number of hydrogen-bond donors (Lipinski definition) is 1. The summed E-state index contributed by atoms with van der Waals surface area (Å²) in [7, 11) is 0. The van der Waals surface area contributed by atoms with E-state index in [1.165, 1.54) is 25.1 Å². The number of aromatic nitrogens is 2. The molecule has 4 nitrogen and oxygen atoms in total. The lowest BCUT2D eigenvalue weighted by molar-refractivity contribution is 0.180. The molecule has 3 rings (SSSR count). The lowest BCUT2D eigenvalue weighted by Crippen LogP contribution is -2.40. The van der Waals surface area contributed by atoms with Gasteiger partial charge in [-0.05, 0) is 18.8 Å². The van der Waals surface area contributed by atoms with Crippen LogP contribution in [-0.2, 0) is 13.1 Å². The number of fused-ring (bicyclic) bond motifs is 1. The van der Waals surface area contributed by atoms with Crippen molar-refractivity contribution in [1.82, 2.24) is 14.5 Å². The minimum Gasteiger partial charge on any atom is -0.333 e. The fourth-order valence-corrected chi connectivity index (χ4v) is 3.00. The molecule has 0 saturated heterocycles. The van der Waals surface area contributed by atoms with Gasteiger partial charge in [-0.3, -0.25) is 4.90 Å². The van der Waals surface area contributed by atoms with Gasteiger partial charge < -0.3 is 10.3 Å². The van der Waals surface area contributed by atoms with Crippen molar-refractivity contribution in [3.05, 3.63) is 18.2 Å². The molecule has 0 amide bonds. The first-order valence-electron chi connectivity index (χ1n) is 6.31. The zero-order valence-electron chi connectivity index (χ0n) is 9.68. The van der Waals surface area contributed by atoms with E-state index in [1.807, 2.05) is 6.20 Å². The maximum absolute atomic E-state index is 6.12. The van der Waals surface area contributed by atoms with Crippen molar-refractivity contribution in [3.8, 4) is 0 Å². The van der Waals surface area contributed by atoms with Gasteiger partial charge in [0.25, 0.3) is 0 Å². The molecular weight excluding hydrogens is 200 g/mol. The Morgan fingerprint density at radius 1 is 1.38 bits per heavy atom. The molecule has 2 aliphatic rings. The van der Waals surface area contributed by atoms with E-state index in [-0.39, 0.29) is 0 Å². The van der Waals surface area contributed by atoms with Crippen LogP contribution in [0.3, 0.4) is 0 Å². The number of rotatable bonds is 2. The van der Waals surface area contributed by atoms with Crippen molar-refractivity contribution >= 4 is 0 Å². The van der Waals surface area contributed by atoms with Gasteiger partial charge in [-0.1, -0.05) is 6.42 Å². The molecule has 0 aromatic carbocycles. The highest BCUT2D eigenvalue weighted by molar-refractivity contribution is 4.96. The molecular formula is C12H20N4. The fraction of sp³-hybridized carbons (Fsp3) is 0.750. The minimum absolute atomic E-state index is 0.432. The van der Waals surface area contributed by atoms with Crippen molar-refractivity contribution in [2.24, 2.45) is 11.7 Å². The fourth-order valence-electron chi connectivity index (χ4n) is 3.00. The maximum Gasteiger partial charge on any atom is 0.122 e. The zero-order valence-corrected chi connectivity index (χ0v) is 9.68. The van der Waals surface area contributed by atoms with E-state index in [0.29, 0.717) is 12.0 Å². The average Bonchev–Trinajstić information content (AvgIpc) is 2.88. The van der Waals surface area contributed by atoms with Gasteiger partial charge in [0.15, 0.2) is 0 Å². The molecule has 0 radical (unpaired) electrons. The van der Waals surface area contributed by atoms with Crippen LogP contribution in [0, 0.1) is 5.92 Å². The standard InChI is InChI=1S/C12H20N4/c13-11-3-1-2-10(11)8-15-6-7-16-5-4-14-12(16)9-15/h4-5,10-11H,1-3,6-9,13H2. The highest BCUT2D eigenvalue weighted by atomic mass is 15.2. The van der Waals surface area contributed by atoms with Crippen LogP contribution in [0.25, 0.3) is 0 Å². The lowest BCUT2D eigenvalue weighted by Gasteiger charge is -2.30. The van der Waals surface area contributed by atoms with Crippen molar-refractivity contribution in [2.75, 3.05) is 13.1 Å². The normalized spacial score (nSPS) is 30.6. The summed E-state index contributed by atoms with van der Waals surface area (Å²) in [5.41, 5.74) is 6.12. The summed E-state index contributed by atoms with van der Waals surface area (Å²) < 4.78 is 2.26. The monoisotopic (exact) mass is 220 g/mol. The molecule has 2 unspecified atom stereocenters. The summed E-state index contributed by atoms with van der Waals surface area (Å²) in [5.74, 6) is 1.92. The Hall–Kier alpha value is -0.870. The van der Waals surface area contributed by atoms with E-state index in [4.69, 9.17) is 5.73 Å². The maximum atomic E-state index is 6.12. The highest BCUT2D eigenvalue weighted by Crippen LogP contribution is 2.25. The van der Waals surface area contributed by atoms with Crippen molar-refractivity contribution in [1.29, 1.82) is 0 Å². The van der Waals surface area contributed by atoms with Crippen LogP contribution in [0.15, 0.2) is 12.4 Å². The highest BCUT2D eigenvalue weighted by Gasteiger charge is 2.27. The zero-order chi connectivity index (χ0) is 11.0. The predicted molar refractivity (Wildman–Crippen MR) is 62.8 cm³/mol. The van der Waals surface area contributed by atoms with Crippen LogP contribution in [0.2, 0.25) is 0 Å². The van der Waals surface area contributed by atoms with Crippen LogP contribution in [0.5, 0.6) is 0 Å². The van der Waals surface area contributed by atoms with Crippen LogP contribution >= 0.6 is 0 Å². The van der Waals surface area contributed by atoms with Crippen LogP contribution in [0.4, 0.5) is 0 Å². The smallest absolute Gasteiger partial charge is 0.122 e. The van der Waals surface area contributed by atoms with Gasteiger partial charge in [0.1, 0.15) is 5.82 Å².